The van der Waals surface area contributed by atoms with Gasteiger partial charge in [0.2, 0.25) is 10.0 Å². The topological polar surface area (TPSA) is 107 Å². The molecule has 0 unspecified atom stereocenters. The van der Waals surface area contributed by atoms with E-state index in [1.807, 2.05) is 6.07 Å². The first-order chi connectivity index (χ1) is 9.97. The summed E-state index contributed by atoms with van der Waals surface area (Å²) in [7, 11) is -3.93. The van der Waals surface area contributed by atoms with Gasteiger partial charge in [-0.05, 0) is 12.5 Å². The van der Waals surface area contributed by atoms with Crippen molar-refractivity contribution < 1.29 is 18.3 Å². The molecule has 2 rings (SSSR count). The lowest BCUT2D eigenvalue weighted by molar-refractivity contribution is 0.0698. The van der Waals surface area contributed by atoms with Crippen LogP contribution in [0.15, 0.2) is 29.2 Å². The quantitative estimate of drug-likeness (QED) is 0.792. The van der Waals surface area contributed by atoms with E-state index in [1.165, 1.54) is 0 Å². The molecule has 0 saturated heterocycles. The number of thiophene rings is 1. The molecule has 0 fully saturated rings. The average Bonchev–Trinajstić information content (AvgIpc) is 2.84. The molecule has 1 aromatic heterocycles. The third-order valence-corrected chi connectivity index (χ3v) is 5.60. The smallest absolute Gasteiger partial charge is 0.347 e. The molecule has 2 N–H and O–H groups in total. The van der Waals surface area contributed by atoms with Crippen LogP contribution in [0.5, 0.6) is 0 Å². The zero-order valence-electron chi connectivity index (χ0n) is 10.9. The lowest BCUT2D eigenvalue weighted by atomic mass is 10.2. The van der Waals surface area contributed by atoms with Crippen LogP contribution in [-0.4, -0.2) is 26.0 Å². The Hall–Kier alpha value is -1.95. The third-order valence-electron chi connectivity index (χ3n) is 2.77. The maximum absolute atomic E-state index is 12.3. The van der Waals surface area contributed by atoms with E-state index in [2.05, 4.69) is 4.72 Å². The van der Waals surface area contributed by atoms with Gasteiger partial charge in [0.1, 0.15) is 9.77 Å². The monoisotopic (exact) mass is 324 g/mol. The van der Waals surface area contributed by atoms with Gasteiger partial charge >= 0.3 is 5.97 Å². The van der Waals surface area contributed by atoms with Crippen molar-refractivity contribution in [1.29, 1.82) is 5.26 Å². The molecule has 0 radical (unpaired) electrons. The zero-order valence-corrected chi connectivity index (χ0v) is 12.5. The minimum Gasteiger partial charge on any atom is -0.477 e. The molecule has 0 saturated carbocycles. The molecule has 2 aromatic rings. The number of aromatic carboxylic acids is 1. The van der Waals surface area contributed by atoms with Gasteiger partial charge in [0.05, 0.1) is 6.07 Å². The fourth-order valence-corrected chi connectivity index (χ4v) is 4.69. The first kappa shape index (κ1) is 15.4. The zero-order chi connectivity index (χ0) is 15.5. The van der Waals surface area contributed by atoms with Gasteiger partial charge in [-0.3, -0.25) is 0 Å². The van der Waals surface area contributed by atoms with E-state index in [1.54, 1.807) is 24.3 Å². The number of carbonyl (C=O) groups is 1. The first-order valence-electron chi connectivity index (χ1n) is 6.09. The number of fused-ring (bicyclic) bond motifs is 1. The molecule has 21 heavy (non-hydrogen) atoms. The van der Waals surface area contributed by atoms with Gasteiger partial charge in [0.15, 0.2) is 0 Å². The van der Waals surface area contributed by atoms with Crippen molar-refractivity contribution >= 4 is 37.4 Å². The van der Waals surface area contributed by atoms with Crippen LogP contribution >= 0.6 is 11.3 Å². The minimum atomic E-state index is -3.93. The molecular formula is C13H12N2O4S2. The van der Waals surface area contributed by atoms with Crippen LogP contribution in [0.2, 0.25) is 0 Å². The summed E-state index contributed by atoms with van der Waals surface area (Å²) in [4.78, 5) is 10.9. The number of carboxylic acids is 1. The van der Waals surface area contributed by atoms with Crippen molar-refractivity contribution in [3.63, 3.8) is 0 Å². The van der Waals surface area contributed by atoms with Gasteiger partial charge in [-0.15, -0.1) is 11.3 Å². The Balaban J connectivity index is 2.46. The molecular weight excluding hydrogens is 312 g/mol. The second-order valence-corrected chi connectivity index (χ2v) is 6.98. The fraction of sp³-hybridized carbons (Fsp3) is 0.231. The molecule has 6 nitrogen and oxygen atoms in total. The van der Waals surface area contributed by atoms with Crippen LogP contribution in [0.1, 0.15) is 22.5 Å². The summed E-state index contributed by atoms with van der Waals surface area (Å²) in [6, 6.07) is 8.57. The van der Waals surface area contributed by atoms with E-state index in [9.17, 15) is 18.3 Å². The number of nitriles is 1. The molecule has 0 spiro atoms. The highest BCUT2D eigenvalue weighted by atomic mass is 32.2. The van der Waals surface area contributed by atoms with Crippen molar-refractivity contribution in [2.45, 2.75) is 17.7 Å². The lowest BCUT2D eigenvalue weighted by Crippen LogP contribution is -2.25. The molecule has 1 aromatic carbocycles. The summed E-state index contributed by atoms with van der Waals surface area (Å²) in [6.45, 7) is 0.0964. The predicted molar refractivity (Wildman–Crippen MR) is 78.8 cm³/mol. The number of sulfonamides is 1. The first-order valence-corrected chi connectivity index (χ1v) is 8.39. The van der Waals surface area contributed by atoms with Gasteiger partial charge in [0, 0.05) is 23.1 Å². The van der Waals surface area contributed by atoms with E-state index in [0.29, 0.717) is 16.5 Å². The van der Waals surface area contributed by atoms with Gasteiger partial charge in [-0.25, -0.2) is 17.9 Å². The highest BCUT2D eigenvalue weighted by molar-refractivity contribution is 7.90. The number of rotatable bonds is 6. The van der Waals surface area contributed by atoms with Gasteiger partial charge in [-0.2, -0.15) is 5.26 Å². The van der Waals surface area contributed by atoms with E-state index >= 15 is 0 Å². The van der Waals surface area contributed by atoms with Crippen LogP contribution < -0.4 is 4.72 Å². The fourth-order valence-electron chi connectivity index (χ4n) is 1.88. The second kappa shape index (κ2) is 6.22. The molecule has 0 aliphatic carbocycles. The van der Waals surface area contributed by atoms with Crippen molar-refractivity contribution in [3.8, 4) is 6.07 Å². The molecule has 0 amide bonds. The largest absolute Gasteiger partial charge is 0.477 e. The molecule has 110 valence electrons. The van der Waals surface area contributed by atoms with E-state index < -0.39 is 16.0 Å². The summed E-state index contributed by atoms with van der Waals surface area (Å²) in [5, 5.41) is 18.0. The maximum Gasteiger partial charge on any atom is 0.347 e. The van der Waals surface area contributed by atoms with Crippen LogP contribution in [-0.2, 0) is 10.0 Å². The van der Waals surface area contributed by atoms with Crippen molar-refractivity contribution in [2.75, 3.05) is 6.54 Å². The lowest BCUT2D eigenvalue weighted by Gasteiger charge is -2.06. The van der Waals surface area contributed by atoms with Crippen LogP contribution in [0.25, 0.3) is 10.1 Å². The van der Waals surface area contributed by atoms with Gasteiger partial charge in [0.25, 0.3) is 0 Å². The van der Waals surface area contributed by atoms with Crippen molar-refractivity contribution in [2.24, 2.45) is 0 Å². The van der Waals surface area contributed by atoms with Crippen molar-refractivity contribution in [1.82, 2.24) is 4.72 Å². The molecule has 1 heterocycles. The Bertz CT molecular complexity index is 818. The van der Waals surface area contributed by atoms with Crippen LogP contribution in [0.4, 0.5) is 0 Å². The van der Waals surface area contributed by atoms with E-state index in [-0.39, 0.29) is 22.7 Å². The minimum absolute atomic E-state index is 0.0964. The Morgan fingerprint density at radius 3 is 2.76 bits per heavy atom. The maximum atomic E-state index is 12.3. The van der Waals surface area contributed by atoms with E-state index in [0.717, 1.165) is 11.3 Å². The number of nitrogens with one attached hydrogen (secondary N) is 1. The summed E-state index contributed by atoms with van der Waals surface area (Å²) >= 11 is 0.932. The molecule has 0 aliphatic rings. The van der Waals surface area contributed by atoms with Crippen LogP contribution in [0.3, 0.4) is 0 Å². The second-order valence-electron chi connectivity index (χ2n) is 4.22. The number of hydrogen-bond acceptors (Lipinski definition) is 5. The Morgan fingerprint density at radius 1 is 1.38 bits per heavy atom. The average molecular weight is 324 g/mol. The number of unbranched alkanes of at least 4 members (excludes halogenated alkanes) is 1. The Kier molecular flexibility index (Phi) is 4.57. The van der Waals surface area contributed by atoms with Gasteiger partial charge in [-0.1, -0.05) is 18.2 Å². The summed E-state index contributed by atoms with van der Waals surface area (Å²) in [5.74, 6) is -1.27. The van der Waals surface area contributed by atoms with E-state index in [4.69, 9.17) is 5.26 Å². The Morgan fingerprint density at radius 2 is 2.10 bits per heavy atom. The molecule has 0 bridgehead atoms. The predicted octanol–water partition coefficient (Wildman–Crippen LogP) is 2.18. The molecule has 0 aliphatic heterocycles. The van der Waals surface area contributed by atoms with Crippen molar-refractivity contribution in [3.05, 3.63) is 29.1 Å². The van der Waals surface area contributed by atoms with Crippen LogP contribution in [0, 0.1) is 11.3 Å². The number of hydrogen-bond donors (Lipinski definition) is 2. The third kappa shape index (κ3) is 3.21. The summed E-state index contributed by atoms with van der Waals surface area (Å²) in [6.07, 6.45) is 0.610. The normalized spacial score (nSPS) is 11.4. The molecule has 0 atom stereocenters. The number of nitrogens with zero attached hydrogens (tertiary/aromatic N) is 1. The SMILES string of the molecule is N#CCCCNS(=O)(=O)c1c(C(=O)O)sc2ccccc12. The number of benzene rings is 1. The Labute approximate surface area is 125 Å². The highest BCUT2D eigenvalue weighted by Crippen LogP contribution is 2.34. The molecule has 8 heteroatoms. The number of carboxylic acid groups (broad SMARTS) is 1. The highest BCUT2D eigenvalue weighted by Gasteiger charge is 2.27. The summed E-state index contributed by atoms with van der Waals surface area (Å²) < 4.78 is 27.6. The van der Waals surface area contributed by atoms with Gasteiger partial charge < -0.3 is 5.11 Å². The summed E-state index contributed by atoms with van der Waals surface area (Å²) in [5.41, 5.74) is 0. The standard InChI is InChI=1S/C13H12N2O4S2/c14-7-3-4-8-15-21(18,19)12-9-5-1-2-6-10(9)20-11(12)13(16)17/h1-2,5-6,15H,3-4,8H2,(H,16,17).